The van der Waals surface area contributed by atoms with Crippen molar-refractivity contribution in [2.75, 3.05) is 6.73 Å². The van der Waals surface area contributed by atoms with Gasteiger partial charge in [0.15, 0.2) is 0 Å². The number of nitrogens with zero attached hydrogens (tertiary/aromatic N) is 1. The van der Waals surface area contributed by atoms with Gasteiger partial charge in [-0.25, -0.2) is 0 Å². The number of aryl methyl sites for hydroxylation is 1. The molecule has 0 saturated carbocycles. The molecule has 1 aliphatic rings. The monoisotopic (exact) mass is 272 g/mol. The van der Waals surface area contributed by atoms with E-state index in [0.29, 0.717) is 11.4 Å². The maximum absolute atomic E-state index is 12.5. The van der Waals surface area contributed by atoms with E-state index in [-0.39, 0.29) is 18.4 Å². The smallest absolute Gasteiger partial charge is 0.429 e. The Morgan fingerprint density at radius 2 is 1.84 bits per heavy atom. The molecular weight excluding hydrogens is 255 g/mol. The normalized spacial score (nSPS) is 17.5. The third kappa shape index (κ3) is 2.91. The van der Waals surface area contributed by atoms with Gasteiger partial charge in [0.25, 0.3) is 18.6 Å². The second kappa shape index (κ2) is 4.25. The van der Waals surface area contributed by atoms with Crippen molar-refractivity contribution in [1.82, 2.24) is 0 Å². The van der Waals surface area contributed by atoms with Gasteiger partial charge in [0.05, 0.1) is 0 Å². The standard InChI is InChI=1S/C14H17F3NO/c1-9-5-10(13(2,3)4)12-11(6-9)18(8-19-12)7-14(15,16)17/h5-7H,8H2,1-4H3/q+1/b18-7-. The van der Waals surface area contributed by atoms with Crippen molar-refractivity contribution in [3.63, 3.8) is 0 Å². The van der Waals surface area contributed by atoms with E-state index in [4.69, 9.17) is 4.74 Å². The number of hydrogen-bond donors (Lipinski definition) is 0. The molecule has 1 aliphatic heterocycles. The van der Waals surface area contributed by atoms with E-state index >= 15 is 0 Å². The highest BCUT2D eigenvalue weighted by Gasteiger charge is 2.38. The number of fused-ring (bicyclic) bond motifs is 1. The molecule has 0 fully saturated rings. The van der Waals surface area contributed by atoms with Crippen LogP contribution in [0.15, 0.2) is 12.1 Å². The Kier molecular flexibility index (Phi) is 3.11. The van der Waals surface area contributed by atoms with Crippen molar-refractivity contribution in [2.24, 2.45) is 0 Å². The van der Waals surface area contributed by atoms with E-state index in [0.717, 1.165) is 15.7 Å². The Hall–Kier alpha value is -1.52. The van der Waals surface area contributed by atoms with E-state index < -0.39 is 6.18 Å². The summed E-state index contributed by atoms with van der Waals surface area (Å²) in [6, 6.07) is 3.69. The Morgan fingerprint density at radius 3 is 2.37 bits per heavy atom. The van der Waals surface area contributed by atoms with Crippen LogP contribution in [0.5, 0.6) is 5.75 Å². The van der Waals surface area contributed by atoms with Gasteiger partial charge in [-0.15, -0.1) is 0 Å². The highest BCUT2D eigenvalue weighted by atomic mass is 19.4. The Labute approximate surface area is 110 Å². The van der Waals surface area contributed by atoms with Gasteiger partial charge in [-0.2, -0.15) is 17.7 Å². The van der Waals surface area contributed by atoms with Gasteiger partial charge >= 0.3 is 6.18 Å². The van der Waals surface area contributed by atoms with Gasteiger partial charge in [-0.3, -0.25) is 0 Å². The molecule has 104 valence electrons. The van der Waals surface area contributed by atoms with E-state index in [1.807, 2.05) is 33.8 Å². The van der Waals surface area contributed by atoms with Crippen molar-refractivity contribution < 1.29 is 22.5 Å². The number of halogens is 3. The lowest BCUT2D eigenvalue weighted by atomic mass is 9.85. The number of hydrogen-bond acceptors (Lipinski definition) is 1. The molecule has 2 nitrogen and oxygen atoms in total. The van der Waals surface area contributed by atoms with E-state index in [1.54, 1.807) is 6.07 Å². The fraction of sp³-hybridized carbons (Fsp3) is 0.500. The summed E-state index contributed by atoms with van der Waals surface area (Å²) < 4.78 is 44.0. The Bertz CT molecular complexity index is 539. The van der Waals surface area contributed by atoms with Crippen LogP contribution in [-0.4, -0.2) is 23.7 Å². The topological polar surface area (TPSA) is 12.2 Å². The molecule has 0 spiro atoms. The molecule has 0 bridgehead atoms. The van der Waals surface area contributed by atoms with Crippen LogP contribution in [0.2, 0.25) is 0 Å². The molecule has 0 atom stereocenters. The minimum absolute atomic E-state index is 0.0959. The highest BCUT2D eigenvalue weighted by molar-refractivity contribution is 5.65. The van der Waals surface area contributed by atoms with Crippen LogP contribution < -0.4 is 4.74 Å². The molecule has 0 radical (unpaired) electrons. The summed E-state index contributed by atoms with van der Waals surface area (Å²) >= 11 is 0. The maximum Gasteiger partial charge on any atom is 0.469 e. The summed E-state index contributed by atoms with van der Waals surface area (Å²) in [5.41, 5.74) is 2.17. The van der Waals surface area contributed by atoms with Crippen LogP contribution in [0.25, 0.3) is 0 Å². The first kappa shape index (κ1) is 13.9. The minimum atomic E-state index is -4.35. The predicted octanol–water partition coefficient (Wildman–Crippen LogP) is 3.92. The van der Waals surface area contributed by atoms with Crippen molar-refractivity contribution >= 4 is 11.9 Å². The summed E-state index contributed by atoms with van der Waals surface area (Å²) in [5.74, 6) is 0.554. The first-order chi connectivity index (χ1) is 8.58. The average Bonchev–Trinajstić information content (AvgIpc) is 2.56. The van der Waals surface area contributed by atoms with Crippen molar-refractivity contribution in [2.45, 2.75) is 39.3 Å². The molecule has 0 amide bonds. The molecule has 1 aromatic rings. The summed E-state index contributed by atoms with van der Waals surface area (Å²) in [6.45, 7) is 7.83. The largest absolute Gasteiger partial charge is 0.469 e. The first-order valence-corrected chi connectivity index (χ1v) is 6.05. The third-order valence-corrected chi connectivity index (χ3v) is 2.98. The van der Waals surface area contributed by atoms with Crippen molar-refractivity contribution in [3.8, 4) is 5.75 Å². The van der Waals surface area contributed by atoms with Crippen LogP contribution >= 0.6 is 0 Å². The molecule has 0 saturated heterocycles. The van der Waals surface area contributed by atoms with E-state index in [1.165, 1.54) is 0 Å². The van der Waals surface area contributed by atoms with Gasteiger partial charge in [0.2, 0.25) is 5.75 Å². The maximum atomic E-state index is 12.5. The molecule has 2 rings (SSSR count). The predicted molar refractivity (Wildman–Crippen MR) is 67.4 cm³/mol. The van der Waals surface area contributed by atoms with Crippen LogP contribution in [-0.2, 0) is 5.41 Å². The summed E-state index contributed by atoms with van der Waals surface area (Å²) in [6.07, 6.45) is -4.10. The lowest BCUT2D eigenvalue weighted by molar-refractivity contribution is -0.460. The van der Waals surface area contributed by atoms with Crippen LogP contribution in [0, 0.1) is 6.92 Å². The highest BCUT2D eigenvalue weighted by Crippen LogP contribution is 2.42. The second-order valence-electron chi connectivity index (χ2n) is 5.82. The van der Waals surface area contributed by atoms with Gasteiger partial charge < -0.3 is 4.74 Å². The lowest BCUT2D eigenvalue weighted by Gasteiger charge is -2.20. The molecular formula is C14H17F3NO+. The SMILES string of the molecule is Cc1cc2c(c(C(C)(C)C)c1)OC/[N+]2=C/C(F)(F)F. The molecule has 1 heterocycles. The van der Waals surface area contributed by atoms with Gasteiger partial charge in [-0.05, 0) is 17.9 Å². The van der Waals surface area contributed by atoms with E-state index in [9.17, 15) is 13.2 Å². The number of benzene rings is 1. The quantitative estimate of drug-likeness (QED) is 0.652. The van der Waals surface area contributed by atoms with Crippen LogP contribution in [0.4, 0.5) is 18.9 Å². The summed E-state index contributed by atoms with van der Waals surface area (Å²) in [4.78, 5) is 0. The zero-order valence-corrected chi connectivity index (χ0v) is 11.4. The zero-order valence-electron chi connectivity index (χ0n) is 11.4. The number of ether oxygens (including phenoxy) is 1. The number of rotatable bonds is 0. The molecule has 0 unspecified atom stereocenters. The first-order valence-electron chi connectivity index (χ1n) is 6.05. The molecule has 1 aromatic carbocycles. The molecule has 0 N–H and O–H groups in total. The van der Waals surface area contributed by atoms with Crippen molar-refractivity contribution in [1.29, 1.82) is 0 Å². The molecule has 5 heteroatoms. The fourth-order valence-electron chi connectivity index (χ4n) is 2.16. The van der Waals surface area contributed by atoms with Crippen LogP contribution in [0.1, 0.15) is 31.9 Å². The number of alkyl halides is 3. The lowest BCUT2D eigenvalue weighted by Crippen LogP contribution is -2.19. The average molecular weight is 272 g/mol. The minimum Gasteiger partial charge on any atom is -0.429 e. The zero-order chi connectivity index (χ0) is 14.4. The fourth-order valence-corrected chi connectivity index (χ4v) is 2.16. The summed E-state index contributed by atoms with van der Waals surface area (Å²) in [5, 5.41) is 0. The summed E-state index contributed by atoms with van der Waals surface area (Å²) in [7, 11) is 0. The molecule has 0 aliphatic carbocycles. The van der Waals surface area contributed by atoms with E-state index in [2.05, 4.69) is 0 Å². The van der Waals surface area contributed by atoms with Gasteiger partial charge in [-0.1, -0.05) is 26.8 Å². The Morgan fingerprint density at radius 1 is 1.21 bits per heavy atom. The van der Waals surface area contributed by atoms with Gasteiger partial charge in [0, 0.05) is 11.6 Å². The Balaban J connectivity index is 2.60. The van der Waals surface area contributed by atoms with Crippen LogP contribution in [0.3, 0.4) is 0 Å². The van der Waals surface area contributed by atoms with Crippen molar-refractivity contribution in [3.05, 3.63) is 23.3 Å². The second-order valence-corrected chi connectivity index (χ2v) is 5.82. The van der Waals surface area contributed by atoms with Gasteiger partial charge in [0.1, 0.15) is 0 Å². The molecule has 19 heavy (non-hydrogen) atoms. The third-order valence-electron chi connectivity index (χ3n) is 2.98. The molecule has 0 aromatic heterocycles.